The number of carbonyl (C=O) groups excluding carboxylic acids is 1. The maximum absolute atomic E-state index is 14.3. The molecule has 1 aliphatic rings. The third-order valence-electron chi connectivity index (χ3n) is 6.91. The van der Waals surface area contributed by atoms with E-state index in [4.69, 9.17) is 26.1 Å². The lowest BCUT2D eigenvalue weighted by atomic mass is 9.99. The number of aryl methyl sites for hydroxylation is 2. The van der Waals surface area contributed by atoms with Crippen LogP contribution in [0, 0.1) is 13.8 Å². The van der Waals surface area contributed by atoms with Gasteiger partial charge in [0.05, 0.1) is 32.2 Å². The van der Waals surface area contributed by atoms with Crippen molar-refractivity contribution in [2.45, 2.75) is 32.9 Å². The molecule has 0 fully saturated rings. The molecule has 1 unspecified atom stereocenters. The summed E-state index contributed by atoms with van der Waals surface area (Å²) >= 11 is 6.52. The Morgan fingerprint density at radius 3 is 2.03 bits per heavy atom. The van der Waals surface area contributed by atoms with E-state index in [0.717, 1.165) is 56.3 Å². The van der Waals surface area contributed by atoms with Gasteiger partial charge in [0.2, 0.25) is 0 Å². The van der Waals surface area contributed by atoms with Crippen molar-refractivity contribution in [3.63, 3.8) is 0 Å². The van der Waals surface area contributed by atoms with E-state index in [9.17, 15) is 4.79 Å². The SMILES string of the molecule is COc1ccc(CN2C(=O)C(Cc3cc(C)cc(C)c3)N=C(c3ccc(OC)cc3)c3cc(Cl)ccc32)cc1. The minimum absolute atomic E-state index is 0.0583. The first-order valence-corrected chi connectivity index (χ1v) is 13.3. The van der Waals surface area contributed by atoms with Gasteiger partial charge >= 0.3 is 0 Å². The molecule has 4 aromatic carbocycles. The van der Waals surface area contributed by atoms with E-state index in [2.05, 4.69) is 32.0 Å². The van der Waals surface area contributed by atoms with Crippen LogP contribution in [0.3, 0.4) is 0 Å². The number of carbonyl (C=O) groups is 1. The van der Waals surface area contributed by atoms with Crippen LogP contribution in [0.5, 0.6) is 11.5 Å². The number of ether oxygens (including phenoxy) is 2. The summed E-state index contributed by atoms with van der Waals surface area (Å²) in [7, 11) is 3.28. The quantitative estimate of drug-likeness (QED) is 0.255. The highest BCUT2D eigenvalue weighted by Crippen LogP contribution is 2.33. The molecule has 198 valence electrons. The summed E-state index contributed by atoms with van der Waals surface area (Å²) < 4.78 is 10.7. The first-order valence-electron chi connectivity index (χ1n) is 12.9. The number of halogens is 1. The zero-order chi connectivity index (χ0) is 27.5. The number of amides is 1. The molecular weight excluding hydrogens is 508 g/mol. The molecule has 1 heterocycles. The Kier molecular flexibility index (Phi) is 7.71. The van der Waals surface area contributed by atoms with Crippen molar-refractivity contribution in [1.29, 1.82) is 0 Å². The maximum atomic E-state index is 14.3. The van der Waals surface area contributed by atoms with Crippen LogP contribution < -0.4 is 14.4 Å². The number of anilines is 1. The van der Waals surface area contributed by atoms with Crippen molar-refractivity contribution in [1.82, 2.24) is 0 Å². The van der Waals surface area contributed by atoms with Gasteiger partial charge in [-0.25, -0.2) is 0 Å². The Hall–Kier alpha value is -4.09. The molecule has 1 amide bonds. The Bertz CT molecular complexity index is 1510. The summed E-state index contributed by atoms with van der Waals surface area (Å²) in [4.78, 5) is 21.3. The zero-order valence-corrected chi connectivity index (χ0v) is 23.3. The summed E-state index contributed by atoms with van der Waals surface area (Å²) in [6.07, 6.45) is 0.488. The topological polar surface area (TPSA) is 51.1 Å². The summed E-state index contributed by atoms with van der Waals surface area (Å²) in [5.74, 6) is 1.46. The predicted molar refractivity (Wildman–Crippen MR) is 158 cm³/mol. The average Bonchev–Trinajstić information content (AvgIpc) is 3.03. The van der Waals surface area contributed by atoms with Crippen LogP contribution in [0.4, 0.5) is 5.69 Å². The van der Waals surface area contributed by atoms with Crippen LogP contribution >= 0.6 is 11.6 Å². The van der Waals surface area contributed by atoms with E-state index >= 15 is 0 Å². The number of fused-ring (bicyclic) bond motifs is 1. The Morgan fingerprint density at radius 1 is 0.795 bits per heavy atom. The van der Waals surface area contributed by atoms with Crippen molar-refractivity contribution >= 4 is 28.9 Å². The summed E-state index contributed by atoms with van der Waals surface area (Å²) in [6, 6.07) is 27.0. The molecule has 0 aliphatic carbocycles. The van der Waals surface area contributed by atoms with Gasteiger partial charge in [0.15, 0.2) is 0 Å². The first-order chi connectivity index (χ1) is 18.8. The second-order valence-corrected chi connectivity index (χ2v) is 10.3. The fourth-order valence-electron chi connectivity index (χ4n) is 5.11. The monoisotopic (exact) mass is 538 g/mol. The van der Waals surface area contributed by atoms with Gasteiger partial charge in [-0.1, -0.05) is 53.1 Å². The van der Waals surface area contributed by atoms with Crippen LogP contribution in [0.15, 0.2) is 89.9 Å². The van der Waals surface area contributed by atoms with Crippen LogP contribution in [-0.4, -0.2) is 31.9 Å². The van der Waals surface area contributed by atoms with Crippen molar-refractivity contribution in [3.05, 3.63) is 123 Å². The number of hydrogen-bond donors (Lipinski definition) is 0. The Balaban J connectivity index is 1.65. The van der Waals surface area contributed by atoms with E-state index < -0.39 is 6.04 Å². The third kappa shape index (κ3) is 5.84. The van der Waals surface area contributed by atoms with Gasteiger partial charge < -0.3 is 14.4 Å². The molecule has 0 aromatic heterocycles. The predicted octanol–water partition coefficient (Wildman–Crippen LogP) is 6.97. The average molecular weight is 539 g/mol. The minimum atomic E-state index is -0.618. The zero-order valence-electron chi connectivity index (χ0n) is 22.6. The van der Waals surface area contributed by atoms with Gasteiger partial charge in [-0.3, -0.25) is 9.79 Å². The van der Waals surface area contributed by atoms with E-state index in [-0.39, 0.29) is 5.91 Å². The van der Waals surface area contributed by atoms with E-state index in [1.54, 1.807) is 14.2 Å². The van der Waals surface area contributed by atoms with Crippen LogP contribution in [-0.2, 0) is 17.8 Å². The fourth-order valence-corrected chi connectivity index (χ4v) is 5.28. The number of aliphatic imine (C=N–C) groups is 1. The van der Waals surface area contributed by atoms with E-state index in [1.807, 2.05) is 71.6 Å². The summed E-state index contributed by atoms with van der Waals surface area (Å²) in [5.41, 5.74) is 7.61. The van der Waals surface area contributed by atoms with Gasteiger partial charge in [0, 0.05) is 22.6 Å². The van der Waals surface area contributed by atoms with Crippen molar-refractivity contribution < 1.29 is 14.3 Å². The Labute approximate surface area is 234 Å². The lowest BCUT2D eigenvalue weighted by Gasteiger charge is -2.26. The molecule has 0 N–H and O–H groups in total. The lowest BCUT2D eigenvalue weighted by molar-refractivity contribution is -0.119. The molecule has 0 spiro atoms. The summed E-state index contributed by atoms with van der Waals surface area (Å²) in [6.45, 7) is 4.54. The van der Waals surface area contributed by atoms with Crippen LogP contribution in [0.2, 0.25) is 5.02 Å². The third-order valence-corrected chi connectivity index (χ3v) is 7.15. The molecule has 0 saturated heterocycles. The molecule has 4 aromatic rings. The fraction of sp³-hybridized carbons (Fsp3) is 0.212. The van der Waals surface area contributed by atoms with Gasteiger partial charge in [-0.15, -0.1) is 0 Å². The van der Waals surface area contributed by atoms with Crippen molar-refractivity contribution in [3.8, 4) is 11.5 Å². The number of hydrogen-bond acceptors (Lipinski definition) is 4. The second-order valence-electron chi connectivity index (χ2n) is 9.86. The highest BCUT2D eigenvalue weighted by atomic mass is 35.5. The van der Waals surface area contributed by atoms with E-state index in [0.29, 0.717) is 18.0 Å². The smallest absolute Gasteiger partial charge is 0.252 e. The van der Waals surface area contributed by atoms with Gasteiger partial charge in [-0.2, -0.15) is 0 Å². The van der Waals surface area contributed by atoms with Crippen molar-refractivity contribution in [2.75, 3.05) is 19.1 Å². The number of benzene rings is 4. The molecular formula is C33H31ClN2O3. The molecule has 39 heavy (non-hydrogen) atoms. The van der Waals surface area contributed by atoms with Gasteiger partial charge in [0.25, 0.3) is 5.91 Å². The number of methoxy groups -OCH3 is 2. The van der Waals surface area contributed by atoms with Gasteiger partial charge in [0.1, 0.15) is 17.5 Å². The maximum Gasteiger partial charge on any atom is 0.252 e. The number of rotatable bonds is 7. The lowest BCUT2D eigenvalue weighted by Crippen LogP contribution is -2.38. The van der Waals surface area contributed by atoms with E-state index in [1.165, 1.54) is 0 Å². The molecule has 5 rings (SSSR count). The molecule has 0 bridgehead atoms. The van der Waals surface area contributed by atoms with Crippen molar-refractivity contribution in [2.24, 2.45) is 4.99 Å². The molecule has 1 atom stereocenters. The normalized spacial score (nSPS) is 14.9. The second kappa shape index (κ2) is 11.3. The summed E-state index contributed by atoms with van der Waals surface area (Å²) in [5, 5.41) is 0.583. The molecule has 0 radical (unpaired) electrons. The number of benzodiazepines with no additional fused rings is 1. The number of nitrogens with zero attached hydrogens (tertiary/aromatic N) is 2. The van der Waals surface area contributed by atoms with Crippen LogP contribution in [0.25, 0.3) is 0 Å². The molecule has 0 saturated carbocycles. The minimum Gasteiger partial charge on any atom is -0.497 e. The largest absolute Gasteiger partial charge is 0.497 e. The molecule has 6 heteroatoms. The standard InChI is InChI=1S/C33H31ClN2O3/c1-21-15-22(2)17-24(16-21)18-30-33(37)36(20-23-5-10-27(38-3)11-6-23)31-14-9-26(34)19-29(31)32(35-30)25-7-12-28(39-4)13-8-25/h5-17,19,30H,18,20H2,1-4H3. The first kappa shape index (κ1) is 26.5. The van der Waals surface area contributed by atoms with Crippen LogP contribution in [0.1, 0.15) is 33.4 Å². The highest BCUT2D eigenvalue weighted by Gasteiger charge is 2.32. The highest BCUT2D eigenvalue weighted by molar-refractivity contribution is 6.32. The molecule has 5 nitrogen and oxygen atoms in total. The molecule has 1 aliphatic heterocycles. The Morgan fingerprint density at radius 2 is 1.41 bits per heavy atom. The van der Waals surface area contributed by atoms with Gasteiger partial charge in [-0.05, 0) is 79.6 Å².